The number of rotatable bonds is 4. The van der Waals surface area contributed by atoms with Gasteiger partial charge < -0.3 is 20.3 Å². The first-order chi connectivity index (χ1) is 16.2. The maximum atomic E-state index is 12.9. The summed E-state index contributed by atoms with van der Waals surface area (Å²) in [6.07, 6.45) is -4.77. The van der Waals surface area contributed by atoms with Crippen molar-refractivity contribution in [3.8, 4) is 17.0 Å². The van der Waals surface area contributed by atoms with Gasteiger partial charge in [-0.3, -0.25) is 4.90 Å². The molecule has 1 amide bonds. The molecule has 1 fully saturated rings. The lowest BCUT2D eigenvalue weighted by Crippen LogP contribution is -2.55. The van der Waals surface area contributed by atoms with Crippen molar-refractivity contribution in [2.45, 2.75) is 64.4 Å². The zero-order valence-corrected chi connectivity index (χ0v) is 19.5. The number of ether oxygens (including phenoxy) is 1. The lowest BCUT2D eigenvalue weighted by atomic mass is 9.98. The Morgan fingerprint density at radius 3 is 2.40 bits per heavy atom. The van der Waals surface area contributed by atoms with Gasteiger partial charge in [0.2, 0.25) is 5.95 Å². The average Bonchev–Trinajstić information content (AvgIpc) is 2.72. The maximum absolute atomic E-state index is 12.9. The molecule has 13 heteroatoms. The van der Waals surface area contributed by atoms with Crippen molar-refractivity contribution in [2.24, 2.45) is 0 Å². The number of amides is 1. The van der Waals surface area contributed by atoms with Crippen LogP contribution in [0.5, 0.6) is 5.75 Å². The van der Waals surface area contributed by atoms with Gasteiger partial charge in [-0.25, -0.2) is 14.6 Å². The van der Waals surface area contributed by atoms with Gasteiger partial charge in [-0.15, -0.1) is 10.2 Å². The highest BCUT2D eigenvalue weighted by Gasteiger charge is 2.38. The highest BCUT2D eigenvalue weighted by molar-refractivity contribution is 5.80. The van der Waals surface area contributed by atoms with Crippen LogP contribution in [0.1, 0.15) is 44.9 Å². The van der Waals surface area contributed by atoms with Crippen molar-refractivity contribution in [2.75, 3.05) is 11.9 Å². The highest BCUT2D eigenvalue weighted by Crippen LogP contribution is 2.36. The third-order valence-electron chi connectivity index (χ3n) is 5.27. The van der Waals surface area contributed by atoms with E-state index < -0.39 is 47.2 Å². The Bertz CT molecular complexity index is 1120. The van der Waals surface area contributed by atoms with Gasteiger partial charge >= 0.3 is 18.2 Å². The predicted molar refractivity (Wildman–Crippen MR) is 118 cm³/mol. The summed E-state index contributed by atoms with van der Waals surface area (Å²) in [7, 11) is 0. The molecule has 1 aromatic heterocycles. The fourth-order valence-corrected chi connectivity index (χ4v) is 3.67. The van der Waals surface area contributed by atoms with Crippen LogP contribution < -0.4 is 5.32 Å². The van der Waals surface area contributed by atoms with Crippen molar-refractivity contribution >= 4 is 18.0 Å². The summed E-state index contributed by atoms with van der Waals surface area (Å²) < 4.78 is 43.9. The number of carbonyl (C=O) groups is 2. The Labute approximate surface area is 199 Å². The lowest BCUT2D eigenvalue weighted by Gasteiger charge is -2.38. The minimum atomic E-state index is -4.60. The van der Waals surface area contributed by atoms with Crippen LogP contribution in [0.25, 0.3) is 11.3 Å². The number of phenolic OH excluding ortho intramolecular Hbond substituents is 1. The molecule has 2 unspecified atom stereocenters. The minimum absolute atomic E-state index is 0.0235. The van der Waals surface area contributed by atoms with Gasteiger partial charge in [0.15, 0.2) is 0 Å². The molecular weight excluding hydrogens is 471 g/mol. The number of likely N-dealkylation sites (tertiary alicyclic amines) is 1. The summed E-state index contributed by atoms with van der Waals surface area (Å²) in [4.78, 5) is 29.6. The van der Waals surface area contributed by atoms with E-state index in [2.05, 4.69) is 20.5 Å². The SMILES string of the molecule is Cc1nc(NC2CCC(C(=O)O)N(C(=O)OC(C)(C)C)C2)nnc1-c1ccc(C(F)(F)F)cc1O. The Balaban J connectivity index is 1.77. The summed E-state index contributed by atoms with van der Waals surface area (Å²) in [5.41, 5.74) is -1.36. The number of hydrogen-bond acceptors (Lipinski definition) is 8. The molecule has 1 aromatic carbocycles. The number of piperidine rings is 1. The van der Waals surface area contributed by atoms with E-state index in [9.17, 15) is 33.0 Å². The van der Waals surface area contributed by atoms with Crippen LogP contribution in [-0.4, -0.2) is 66.6 Å². The maximum Gasteiger partial charge on any atom is 0.416 e. The van der Waals surface area contributed by atoms with Crippen molar-refractivity contribution in [3.63, 3.8) is 0 Å². The number of carbonyl (C=O) groups excluding carboxylic acids is 1. The fraction of sp³-hybridized carbons (Fsp3) is 0.500. The molecular formula is C22H26F3N5O5. The Morgan fingerprint density at radius 1 is 1.17 bits per heavy atom. The van der Waals surface area contributed by atoms with Crippen molar-refractivity contribution in [1.82, 2.24) is 20.1 Å². The molecule has 10 nitrogen and oxygen atoms in total. The molecule has 2 aromatic rings. The second-order valence-electron chi connectivity index (χ2n) is 9.20. The quantitative estimate of drug-likeness (QED) is 0.575. The number of aliphatic carboxylic acids is 1. The largest absolute Gasteiger partial charge is 0.507 e. The van der Waals surface area contributed by atoms with E-state index in [4.69, 9.17) is 4.74 Å². The summed E-state index contributed by atoms with van der Waals surface area (Å²) >= 11 is 0. The molecule has 0 bridgehead atoms. The van der Waals surface area contributed by atoms with Gasteiger partial charge in [-0.2, -0.15) is 13.2 Å². The smallest absolute Gasteiger partial charge is 0.416 e. The number of phenols is 1. The fourth-order valence-electron chi connectivity index (χ4n) is 3.67. The van der Waals surface area contributed by atoms with E-state index >= 15 is 0 Å². The molecule has 1 saturated heterocycles. The zero-order valence-electron chi connectivity index (χ0n) is 19.5. The number of nitrogens with one attached hydrogen (secondary N) is 1. The third-order valence-corrected chi connectivity index (χ3v) is 5.27. The van der Waals surface area contributed by atoms with Gasteiger partial charge in [0, 0.05) is 18.2 Å². The number of aryl methyl sites for hydroxylation is 1. The number of aromatic hydroxyl groups is 1. The Morgan fingerprint density at radius 2 is 1.86 bits per heavy atom. The molecule has 3 rings (SSSR count). The second-order valence-corrected chi connectivity index (χ2v) is 9.20. The van der Waals surface area contributed by atoms with Crippen LogP contribution >= 0.6 is 0 Å². The summed E-state index contributed by atoms with van der Waals surface area (Å²) in [6, 6.07) is 1.09. The van der Waals surface area contributed by atoms with Crippen LogP contribution in [0.2, 0.25) is 0 Å². The molecule has 2 heterocycles. The van der Waals surface area contributed by atoms with Crippen LogP contribution in [0.15, 0.2) is 18.2 Å². The standard InChI is InChI=1S/C22H26F3N5O5/c1-11-17(14-7-5-12(9-16(14)31)22(23,24)25)28-29-19(26-11)27-13-6-8-15(18(32)33)30(10-13)20(34)35-21(2,3)4/h5,7,9,13,15,31H,6,8,10H2,1-4H3,(H,32,33)(H,26,27,29). The van der Waals surface area contributed by atoms with Crippen LogP contribution in [0.3, 0.4) is 0 Å². The number of carboxylic acid groups (broad SMARTS) is 1. The molecule has 35 heavy (non-hydrogen) atoms. The Kier molecular flexibility index (Phi) is 7.08. The van der Waals surface area contributed by atoms with Crippen LogP contribution in [0, 0.1) is 6.92 Å². The molecule has 0 spiro atoms. The predicted octanol–water partition coefficient (Wildman–Crippen LogP) is 3.84. The number of halogens is 3. The van der Waals surface area contributed by atoms with E-state index in [0.717, 1.165) is 17.0 Å². The number of aromatic nitrogens is 3. The number of anilines is 1. The zero-order chi connectivity index (χ0) is 26.1. The second kappa shape index (κ2) is 9.55. The van der Waals surface area contributed by atoms with Gasteiger partial charge in [0.1, 0.15) is 23.1 Å². The van der Waals surface area contributed by atoms with Crippen molar-refractivity contribution < 1.29 is 37.7 Å². The first kappa shape index (κ1) is 26.0. The molecule has 3 N–H and O–H groups in total. The molecule has 0 saturated carbocycles. The third kappa shape index (κ3) is 6.28. The van der Waals surface area contributed by atoms with E-state index in [1.165, 1.54) is 0 Å². The normalized spacial score (nSPS) is 18.8. The minimum Gasteiger partial charge on any atom is -0.507 e. The molecule has 0 radical (unpaired) electrons. The molecule has 1 aliphatic heterocycles. The van der Waals surface area contributed by atoms with E-state index in [1.54, 1.807) is 27.7 Å². The number of nitrogens with zero attached hydrogens (tertiary/aromatic N) is 4. The highest BCUT2D eigenvalue weighted by atomic mass is 19.4. The monoisotopic (exact) mass is 497 g/mol. The average molecular weight is 497 g/mol. The van der Waals surface area contributed by atoms with Gasteiger partial charge in [0.25, 0.3) is 0 Å². The van der Waals surface area contributed by atoms with Crippen LogP contribution in [-0.2, 0) is 15.7 Å². The lowest BCUT2D eigenvalue weighted by molar-refractivity contribution is -0.144. The van der Waals surface area contributed by atoms with Crippen molar-refractivity contribution in [3.05, 3.63) is 29.5 Å². The summed E-state index contributed by atoms with van der Waals surface area (Å²) in [5, 5.41) is 30.5. The first-order valence-electron chi connectivity index (χ1n) is 10.8. The van der Waals surface area contributed by atoms with Gasteiger partial charge in [-0.1, -0.05) is 0 Å². The number of benzene rings is 1. The topological polar surface area (TPSA) is 138 Å². The van der Waals surface area contributed by atoms with Crippen LogP contribution in [0.4, 0.5) is 23.9 Å². The molecule has 190 valence electrons. The van der Waals surface area contributed by atoms with E-state index in [0.29, 0.717) is 18.2 Å². The van der Waals surface area contributed by atoms with Gasteiger partial charge in [-0.05, 0) is 58.7 Å². The number of carboxylic acids is 1. The number of alkyl halides is 3. The van der Waals surface area contributed by atoms with Gasteiger partial charge in [0.05, 0.1) is 11.3 Å². The molecule has 0 aliphatic carbocycles. The first-order valence-corrected chi connectivity index (χ1v) is 10.8. The van der Waals surface area contributed by atoms with Crippen molar-refractivity contribution in [1.29, 1.82) is 0 Å². The molecule has 2 atom stereocenters. The van der Waals surface area contributed by atoms with E-state index in [1.807, 2.05) is 0 Å². The summed E-state index contributed by atoms with van der Waals surface area (Å²) in [6.45, 7) is 6.62. The van der Waals surface area contributed by atoms with E-state index in [-0.39, 0.29) is 30.2 Å². The summed E-state index contributed by atoms with van der Waals surface area (Å²) in [5.74, 6) is -1.66. The molecule has 1 aliphatic rings. The number of hydrogen-bond donors (Lipinski definition) is 3. The Hall–Kier alpha value is -3.64.